The molecule has 0 spiro atoms. The van der Waals surface area contributed by atoms with Crippen molar-refractivity contribution in [3.8, 4) is 0 Å². The summed E-state index contributed by atoms with van der Waals surface area (Å²) in [4.78, 5) is 9.00. The lowest BCUT2D eigenvalue weighted by Crippen LogP contribution is -2.36. The second-order valence-corrected chi connectivity index (χ2v) is 5.86. The van der Waals surface area contributed by atoms with Gasteiger partial charge in [-0.3, -0.25) is 0 Å². The van der Waals surface area contributed by atoms with Crippen LogP contribution in [0, 0.1) is 5.92 Å². The zero-order valence-corrected chi connectivity index (χ0v) is 12.7. The minimum absolute atomic E-state index is 0.467. The van der Waals surface area contributed by atoms with Crippen LogP contribution in [0.15, 0.2) is 48.6 Å². The van der Waals surface area contributed by atoms with Crippen LogP contribution in [-0.4, -0.2) is 16.5 Å². The summed E-state index contributed by atoms with van der Waals surface area (Å²) in [7, 11) is 0. The van der Waals surface area contributed by atoms with Crippen LogP contribution in [0.3, 0.4) is 0 Å². The van der Waals surface area contributed by atoms with E-state index in [1.165, 1.54) is 12.2 Å². The van der Waals surface area contributed by atoms with E-state index in [0.717, 1.165) is 6.08 Å². The van der Waals surface area contributed by atoms with Crippen molar-refractivity contribution < 1.29 is 18.0 Å². The van der Waals surface area contributed by atoms with Gasteiger partial charge >= 0.3 is 12.2 Å². The highest BCUT2D eigenvalue weighted by molar-refractivity contribution is 6.50. The molecule has 2 rings (SSSR count). The third-order valence-electron chi connectivity index (χ3n) is 2.71. The van der Waals surface area contributed by atoms with Crippen LogP contribution in [-0.2, 0) is 0 Å². The number of amides is 2. The molecule has 1 aromatic rings. The Labute approximate surface area is 135 Å². The number of halogens is 5. The Morgan fingerprint density at radius 3 is 2.09 bits per heavy atom. The quantitative estimate of drug-likeness (QED) is 0.736. The van der Waals surface area contributed by atoms with Crippen molar-refractivity contribution >= 4 is 34.8 Å². The largest absolute Gasteiger partial charge is 0.398 e. The first kappa shape index (κ1) is 18.4. The van der Waals surface area contributed by atoms with Crippen molar-refractivity contribution in [1.82, 2.24) is 0 Å². The third kappa shape index (κ3) is 5.27. The molecular formula is C14H13Cl2F3N2O. The predicted molar refractivity (Wildman–Crippen MR) is 81.3 cm³/mol. The standard InChI is InChI=1S/C13H9Cl2F3.CH4N2O/c14-12(15)7-6-10(8-11(12)13(16,17)18)9-4-2-1-3-5-9;2-1(3)4/h1-8,11H;(H4,2,3,4). The Balaban J connectivity index is 0.000000541. The molecule has 1 aromatic carbocycles. The highest BCUT2D eigenvalue weighted by Crippen LogP contribution is 2.47. The number of nitrogens with two attached hydrogens (primary N) is 2. The van der Waals surface area contributed by atoms with Gasteiger partial charge in [0.25, 0.3) is 0 Å². The summed E-state index contributed by atoms with van der Waals surface area (Å²) < 4.78 is 36.7. The number of alkyl halides is 5. The van der Waals surface area contributed by atoms with Crippen LogP contribution in [0.2, 0.25) is 0 Å². The first-order valence-corrected chi connectivity index (χ1v) is 6.75. The predicted octanol–water partition coefficient (Wildman–Crippen LogP) is 4.02. The lowest BCUT2D eigenvalue weighted by Gasteiger charge is -2.30. The molecule has 1 aliphatic carbocycles. The Kier molecular flexibility index (Phi) is 5.91. The molecule has 22 heavy (non-hydrogen) atoms. The summed E-state index contributed by atoms with van der Waals surface area (Å²) in [6, 6.07) is 7.95. The molecule has 1 atom stereocenters. The molecule has 8 heteroatoms. The molecular weight excluding hydrogens is 340 g/mol. The van der Waals surface area contributed by atoms with Crippen LogP contribution in [0.1, 0.15) is 5.56 Å². The second-order valence-electron chi connectivity index (χ2n) is 4.42. The van der Waals surface area contributed by atoms with Gasteiger partial charge in [-0.05, 0) is 17.2 Å². The minimum Gasteiger partial charge on any atom is -0.352 e. The van der Waals surface area contributed by atoms with Crippen LogP contribution < -0.4 is 11.5 Å². The van der Waals surface area contributed by atoms with Gasteiger partial charge in [0.2, 0.25) is 0 Å². The number of urea groups is 1. The van der Waals surface area contributed by atoms with Crippen molar-refractivity contribution in [3.63, 3.8) is 0 Å². The fraction of sp³-hybridized carbons (Fsp3) is 0.214. The van der Waals surface area contributed by atoms with Crippen molar-refractivity contribution in [2.24, 2.45) is 17.4 Å². The number of primary amides is 2. The molecule has 0 aliphatic heterocycles. The number of carbonyl (C=O) groups is 1. The summed E-state index contributed by atoms with van der Waals surface area (Å²) in [5.41, 5.74) is 9.67. The first-order chi connectivity index (χ1) is 10.0. The van der Waals surface area contributed by atoms with Gasteiger partial charge in [0.15, 0.2) is 4.33 Å². The monoisotopic (exact) mass is 352 g/mol. The summed E-state index contributed by atoms with van der Waals surface area (Å²) in [5.74, 6) is -1.91. The number of rotatable bonds is 1. The van der Waals surface area contributed by atoms with Gasteiger partial charge in [-0.2, -0.15) is 13.2 Å². The Bertz CT molecular complexity index is 580. The SMILES string of the molecule is FC(F)(F)C1C=C(c2ccccc2)C=CC1(Cl)Cl.NC(N)=O. The van der Waals surface area contributed by atoms with E-state index in [2.05, 4.69) is 11.5 Å². The Morgan fingerprint density at radius 1 is 1.14 bits per heavy atom. The molecule has 0 aromatic heterocycles. The molecule has 3 nitrogen and oxygen atoms in total. The van der Waals surface area contributed by atoms with Crippen molar-refractivity contribution in [2.75, 3.05) is 0 Å². The zero-order chi connectivity index (χ0) is 17.0. The van der Waals surface area contributed by atoms with Gasteiger partial charge in [0.05, 0.1) is 0 Å². The Hall–Kier alpha value is -1.66. The van der Waals surface area contributed by atoms with E-state index in [9.17, 15) is 13.2 Å². The van der Waals surface area contributed by atoms with Gasteiger partial charge in [0.1, 0.15) is 5.92 Å². The number of benzene rings is 1. The summed E-state index contributed by atoms with van der Waals surface area (Å²) in [5, 5.41) is 0. The summed E-state index contributed by atoms with van der Waals surface area (Å²) in [6.07, 6.45) is -0.724. The summed E-state index contributed by atoms with van der Waals surface area (Å²) >= 11 is 11.4. The van der Waals surface area contributed by atoms with E-state index in [0.29, 0.717) is 11.1 Å². The van der Waals surface area contributed by atoms with E-state index < -0.39 is 22.5 Å². The molecule has 0 saturated carbocycles. The van der Waals surface area contributed by atoms with Gasteiger partial charge in [-0.15, -0.1) is 0 Å². The topological polar surface area (TPSA) is 69.1 Å². The molecule has 0 fully saturated rings. The second kappa shape index (κ2) is 7.07. The van der Waals surface area contributed by atoms with Gasteiger partial charge in [-0.25, -0.2) is 4.79 Å². The van der Waals surface area contributed by atoms with Gasteiger partial charge in [0, 0.05) is 0 Å². The first-order valence-electron chi connectivity index (χ1n) is 6.00. The van der Waals surface area contributed by atoms with E-state index in [1.54, 1.807) is 30.3 Å². The maximum Gasteiger partial charge on any atom is 0.398 e. The highest BCUT2D eigenvalue weighted by Gasteiger charge is 2.51. The normalized spacial score (nSPS) is 19.7. The van der Waals surface area contributed by atoms with Gasteiger partial charge < -0.3 is 11.5 Å². The zero-order valence-electron chi connectivity index (χ0n) is 11.1. The average molecular weight is 353 g/mol. The van der Waals surface area contributed by atoms with Crippen LogP contribution >= 0.6 is 23.2 Å². The van der Waals surface area contributed by atoms with Crippen LogP contribution in [0.5, 0.6) is 0 Å². The number of carbonyl (C=O) groups excluding carboxylic acids is 1. The van der Waals surface area contributed by atoms with E-state index in [-0.39, 0.29) is 0 Å². The van der Waals surface area contributed by atoms with Crippen molar-refractivity contribution in [3.05, 3.63) is 54.1 Å². The number of hydrogen-bond acceptors (Lipinski definition) is 1. The third-order valence-corrected chi connectivity index (χ3v) is 3.43. The molecule has 4 N–H and O–H groups in total. The maximum absolute atomic E-state index is 12.9. The summed E-state index contributed by atoms with van der Waals surface area (Å²) in [6.45, 7) is 0. The molecule has 1 unspecified atom stereocenters. The maximum atomic E-state index is 12.9. The number of allylic oxidation sites excluding steroid dienone is 4. The lowest BCUT2D eigenvalue weighted by molar-refractivity contribution is -0.161. The lowest BCUT2D eigenvalue weighted by atomic mass is 9.91. The molecule has 0 saturated heterocycles. The fourth-order valence-electron chi connectivity index (χ4n) is 1.79. The van der Waals surface area contributed by atoms with Crippen LogP contribution in [0.4, 0.5) is 18.0 Å². The molecule has 0 bridgehead atoms. The van der Waals surface area contributed by atoms with Crippen molar-refractivity contribution in [1.29, 1.82) is 0 Å². The molecule has 2 amide bonds. The molecule has 0 heterocycles. The van der Waals surface area contributed by atoms with E-state index >= 15 is 0 Å². The van der Waals surface area contributed by atoms with Crippen molar-refractivity contribution in [2.45, 2.75) is 10.5 Å². The highest BCUT2D eigenvalue weighted by atomic mass is 35.5. The molecule has 0 radical (unpaired) electrons. The molecule has 120 valence electrons. The van der Waals surface area contributed by atoms with Crippen LogP contribution in [0.25, 0.3) is 5.57 Å². The average Bonchev–Trinajstić information content (AvgIpc) is 2.37. The Morgan fingerprint density at radius 2 is 1.64 bits per heavy atom. The fourth-order valence-corrected chi connectivity index (χ4v) is 2.29. The molecule has 1 aliphatic rings. The van der Waals surface area contributed by atoms with E-state index in [4.69, 9.17) is 28.0 Å². The number of hydrogen-bond donors (Lipinski definition) is 2. The minimum atomic E-state index is -4.48. The van der Waals surface area contributed by atoms with Gasteiger partial charge in [-0.1, -0.05) is 65.7 Å². The smallest absolute Gasteiger partial charge is 0.352 e. The van der Waals surface area contributed by atoms with E-state index in [1.807, 2.05) is 0 Å².